The number of carbonyl (C=O) groups is 2. The summed E-state index contributed by atoms with van der Waals surface area (Å²) in [5.41, 5.74) is 0. The van der Waals surface area contributed by atoms with Crippen LogP contribution in [0.3, 0.4) is 0 Å². The van der Waals surface area contributed by atoms with E-state index in [4.69, 9.17) is 4.74 Å². The summed E-state index contributed by atoms with van der Waals surface area (Å²) < 4.78 is 4.98. The van der Waals surface area contributed by atoms with Crippen LogP contribution in [0.1, 0.15) is 26.7 Å². The molecule has 2 rings (SSSR count). The van der Waals surface area contributed by atoms with Crippen LogP contribution in [0.4, 0.5) is 4.79 Å². The van der Waals surface area contributed by atoms with Crippen LogP contribution >= 0.6 is 0 Å². The lowest BCUT2D eigenvalue weighted by Gasteiger charge is -2.32. The summed E-state index contributed by atoms with van der Waals surface area (Å²) in [4.78, 5) is 25.5. The Kier molecular flexibility index (Phi) is 5.23. The second-order valence-corrected chi connectivity index (χ2v) is 5.71. The number of piperidine rings is 1. The fourth-order valence-corrected chi connectivity index (χ4v) is 2.89. The molecule has 6 nitrogen and oxygen atoms in total. The Morgan fingerprint density at radius 2 is 2.00 bits per heavy atom. The first kappa shape index (κ1) is 15.1. The van der Waals surface area contributed by atoms with Gasteiger partial charge in [0, 0.05) is 25.7 Å². The quantitative estimate of drug-likeness (QED) is 0.795. The van der Waals surface area contributed by atoms with Crippen molar-refractivity contribution in [3.8, 4) is 0 Å². The molecule has 2 amide bonds. The molecule has 0 saturated carbocycles. The number of rotatable bonds is 3. The molecule has 2 N–H and O–H groups in total. The van der Waals surface area contributed by atoms with Crippen molar-refractivity contribution in [3.63, 3.8) is 0 Å². The van der Waals surface area contributed by atoms with E-state index in [0.29, 0.717) is 25.6 Å². The Morgan fingerprint density at radius 1 is 1.30 bits per heavy atom. The molecule has 2 aliphatic heterocycles. The van der Waals surface area contributed by atoms with Crippen molar-refractivity contribution in [2.45, 2.75) is 32.7 Å². The molecule has 0 aliphatic carbocycles. The topological polar surface area (TPSA) is 70.7 Å². The normalized spacial score (nSPS) is 27.4. The van der Waals surface area contributed by atoms with E-state index in [1.54, 1.807) is 4.90 Å². The summed E-state index contributed by atoms with van der Waals surface area (Å²) in [5.74, 6) is 0.629. The van der Waals surface area contributed by atoms with Gasteiger partial charge in [-0.15, -0.1) is 0 Å². The molecule has 0 aromatic rings. The Morgan fingerprint density at radius 3 is 2.55 bits per heavy atom. The van der Waals surface area contributed by atoms with E-state index in [2.05, 4.69) is 17.6 Å². The lowest BCUT2D eigenvalue weighted by Crippen LogP contribution is -2.48. The van der Waals surface area contributed by atoms with E-state index in [0.717, 1.165) is 25.9 Å². The van der Waals surface area contributed by atoms with Gasteiger partial charge in [-0.1, -0.05) is 6.92 Å². The third-order valence-corrected chi connectivity index (χ3v) is 4.22. The number of carbonyl (C=O) groups excluding carboxylic acids is 2. The fraction of sp³-hybridized carbons (Fsp3) is 0.857. The van der Waals surface area contributed by atoms with Crippen LogP contribution in [0.25, 0.3) is 0 Å². The molecule has 2 fully saturated rings. The molecule has 20 heavy (non-hydrogen) atoms. The van der Waals surface area contributed by atoms with Gasteiger partial charge >= 0.3 is 6.09 Å². The third kappa shape index (κ3) is 3.62. The Bertz CT molecular complexity index is 354. The van der Waals surface area contributed by atoms with Crippen molar-refractivity contribution in [1.29, 1.82) is 0 Å². The van der Waals surface area contributed by atoms with Crippen molar-refractivity contribution in [3.05, 3.63) is 0 Å². The summed E-state index contributed by atoms with van der Waals surface area (Å²) in [6.07, 6.45) is 1.36. The molecule has 2 saturated heterocycles. The van der Waals surface area contributed by atoms with Crippen LogP contribution in [0, 0.1) is 11.8 Å². The molecule has 0 spiro atoms. The van der Waals surface area contributed by atoms with E-state index < -0.39 is 0 Å². The van der Waals surface area contributed by atoms with Gasteiger partial charge in [0.2, 0.25) is 5.91 Å². The standard InChI is InChI=1S/C14H25N3O3/c1-3-20-14(19)17-6-4-11(5-7-17)16-13(18)12-9-15-8-10(12)2/h10-12,15H,3-9H2,1-2H3,(H,16,18). The van der Waals surface area contributed by atoms with Crippen LogP contribution in [0.2, 0.25) is 0 Å². The van der Waals surface area contributed by atoms with E-state index >= 15 is 0 Å². The summed E-state index contributed by atoms with van der Waals surface area (Å²) in [7, 11) is 0. The zero-order chi connectivity index (χ0) is 14.5. The number of hydrogen-bond donors (Lipinski definition) is 2. The Hall–Kier alpha value is -1.30. The van der Waals surface area contributed by atoms with Gasteiger partial charge in [-0.2, -0.15) is 0 Å². The first-order valence-corrected chi connectivity index (χ1v) is 7.54. The molecule has 6 heteroatoms. The molecule has 0 radical (unpaired) electrons. The molecule has 0 bridgehead atoms. The molecular formula is C14H25N3O3. The van der Waals surface area contributed by atoms with Gasteiger partial charge in [0.25, 0.3) is 0 Å². The highest BCUT2D eigenvalue weighted by Gasteiger charge is 2.32. The average molecular weight is 283 g/mol. The summed E-state index contributed by atoms with van der Waals surface area (Å²) in [6, 6.07) is 0.181. The second kappa shape index (κ2) is 6.92. The van der Waals surface area contributed by atoms with Crippen molar-refractivity contribution >= 4 is 12.0 Å². The van der Waals surface area contributed by atoms with Gasteiger partial charge in [0.15, 0.2) is 0 Å². The third-order valence-electron chi connectivity index (χ3n) is 4.22. The first-order valence-electron chi connectivity index (χ1n) is 7.54. The molecular weight excluding hydrogens is 258 g/mol. The predicted molar refractivity (Wildman–Crippen MR) is 75.3 cm³/mol. The van der Waals surface area contributed by atoms with Crippen molar-refractivity contribution in [2.75, 3.05) is 32.8 Å². The lowest BCUT2D eigenvalue weighted by molar-refractivity contribution is -0.126. The first-order chi connectivity index (χ1) is 9.61. The monoisotopic (exact) mass is 283 g/mol. The van der Waals surface area contributed by atoms with Gasteiger partial charge in [-0.05, 0) is 32.2 Å². The minimum absolute atomic E-state index is 0.0816. The molecule has 2 aliphatic rings. The largest absolute Gasteiger partial charge is 0.450 e. The van der Waals surface area contributed by atoms with Crippen LogP contribution in [0.15, 0.2) is 0 Å². The predicted octanol–water partition coefficient (Wildman–Crippen LogP) is 0.579. The highest BCUT2D eigenvalue weighted by molar-refractivity contribution is 5.80. The highest BCUT2D eigenvalue weighted by Crippen LogP contribution is 2.18. The molecule has 114 valence electrons. The van der Waals surface area contributed by atoms with Crippen LogP contribution < -0.4 is 10.6 Å². The number of hydrogen-bond acceptors (Lipinski definition) is 4. The van der Waals surface area contributed by atoms with Crippen LogP contribution in [-0.2, 0) is 9.53 Å². The SMILES string of the molecule is CCOC(=O)N1CCC(NC(=O)C2CNCC2C)CC1. The van der Waals surface area contributed by atoms with Crippen molar-refractivity contribution < 1.29 is 14.3 Å². The van der Waals surface area contributed by atoms with Crippen molar-refractivity contribution in [2.24, 2.45) is 11.8 Å². The number of likely N-dealkylation sites (tertiary alicyclic amines) is 1. The number of nitrogens with one attached hydrogen (secondary N) is 2. The maximum absolute atomic E-state index is 12.2. The molecule has 0 aromatic heterocycles. The van der Waals surface area contributed by atoms with E-state index in [9.17, 15) is 9.59 Å². The Labute approximate surface area is 120 Å². The maximum Gasteiger partial charge on any atom is 0.409 e. The van der Waals surface area contributed by atoms with Crippen molar-refractivity contribution in [1.82, 2.24) is 15.5 Å². The zero-order valence-electron chi connectivity index (χ0n) is 12.4. The molecule has 2 unspecified atom stereocenters. The van der Waals surface area contributed by atoms with Crippen LogP contribution in [-0.4, -0.2) is 55.7 Å². The van der Waals surface area contributed by atoms with Gasteiger partial charge in [0.1, 0.15) is 0 Å². The molecule has 2 atom stereocenters. The van der Waals surface area contributed by atoms with Crippen LogP contribution in [0.5, 0.6) is 0 Å². The molecule has 2 heterocycles. The lowest BCUT2D eigenvalue weighted by atomic mass is 9.96. The summed E-state index contributed by atoms with van der Waals surface area (Å²) >= 11 is 0. The molecule has 0 aromatic carbocycles. The number of nitrogens with zero attached hydrogens (tertiary/aromatic N) is 1. The van der Waals surface area contributed by atoms with Gasteiger partial charge in [0.05, 0.1) is 12.5 Å². The van der Waals surface area contributed by atoms with E-state index in [1.165, 1.54) is 0 Å². The van der Waals surface area contributed by atoms with E-state index in [-0.39, 0.29) is 24.0 Å². The smallest absolute Gasteiger partial charge is 0.409 e. The van der Waals surface area contributed by atoms with Gasteiger partial charge < -0.3 is 20.3 Å². The average Bonchev–Trinajstić information content (AvgIpc) is 2.86. The highest BCUT2D eigenvalue weighted by atomic mass is 16.6. The summed E-state index contributed by atoms with van der Waals surface area (Å²) in [5, 5.41) is 6.37. The fourth-order valence-electron chi connectivity index (χ4n) is 2.89. The number of amides is 2. The van der Waals surface area contributed by atoms with Gasteiger partial charge in [-0.25, -0.2) is 4.79 Å². The minimum Gasteiger partial charge on any atom is -0.450 e. The minimum atomic E-state index is -0.245. The zero-order valence-corrected chi connectivity index (χ0v) is 12.4. The second-order valence-electron chi connectivity index (χ2n) is 5.71. The maximum atomic E-state index is 12.2. The van der Waals surface area contributed by atoms with E-state index in [1.807, 2.05) is 6.92 Å². The number of ether oxygens (including phenoxy) is 1. The Balaban J connectivity index is 1.74. The van der Waals surface area contributed by atoms with Gasteiger partial charge in [-0.3, -0.25) is 4.79 Å². The summed E-state index contributed by atoms with van der Waals surface area (Å²) in [6.45, 7) is 7.32.